The lowest BCUT2D eigenvalue weighted by molar-refractivity contribution is -0.314. The standard InChI is InChI=1S/C21H18F8N2O2/c22-14-5-1-12(2-6-14)17(13-3-7-15(23)8-4-13)31-10-9-30-11-16(31)18(32)33-19(20(24,25)26)21(27,28)29/h1-8,16-17,19,30H,9-11H2. The van der Waals surface area contributed by atoms with Gasteiger partial charge < -0.3 is 10.1 Å². The third-order valence-corrected chi connectivity index (χ3v) is 5.09. The van der Waals surface area contributed by atoms with Crippen molar-refractivity contribution in [2.45, 2.75) is 30.5 Å². The minimum Gasteiger partial charge on any atom is -0.442 e. The van der Waals surface area contributed by atoms with Crippen LogP contribution in [-0.4, -0.2) is 55.0 Å². The van der Waals surface area contributed by atoms with Gasteiger partial charge in [-0.05, 0) is 35.4 Å². The molecule has 3 rings (SSSR count). The largest absolute Gasteiger partial charge is 0.442 e. The Labute approximate surface area is 183 Å². The van der Waals surface area contributed by atoms with Gasteiger partial charge in [0.05, 0.1) is 6.04 Å². The molecule has 1 unspecified atom stereocenters. The molecule has 1 N–H and O–H groups in total. The van der Waals surface area contributed by atoms with Crippen molar-refractivity contribution >= 4 is 5.97 Å². The molecule has 12 heteroatoms. The van der Waals surface area contributed by atoms with Crippen LogP contribution in [0.15, 0.2) is 48.5 Å². The molecule has 0 amide bonds. The van der Waals surface area contributed by atoms with E-state index in [9.17, 15) is 39.9 Å². The molecular weight excluding hydrogens is 464 g/mol. The fraction of sp³-hybridized carbons (Fsp3) is 0.381. The van der Waals surface area contributed by atoms with Gasteiger partial charge in [-0.1, -0.05) is 24.3 Å². The second-order valence-electron chi connectivity index (χ2n) is 7.36. The van der Waals surface area contributed by atoms with Crippen molar-refractivity contribution in [2.24, 2.45) is 0 Å². The van der Waals surface area contributed by atoms with Crippen LogP contribution < -0.4 is 5.32 Å². The van der Waals surface area contributed by atoms with Crippen molar-refractivity contribution in [1.29, 1.82) is 0 Å². The molecule has 4 nitrogen and oxygen atoms in total. The number of esters is 1. The Morgan fingerprint density at radius 1 is 0.879 bits per heavy atom. The third-order valence-electron chi connectivity index (χ3n) is 5.09. The summed E-state index contributed by atoms with van der Waals surface area (Å²) in [5.41, 5.74) is 0.789. The second-order valence-corrected chi connectivity index (χ2v) is 7.36. The second kappa shape index (κ2) is 9.64. The SMILES string of the molecule is O=C(OC(C(F)(F)F)C(F)(F)F)C1CNCCN1C(c1ccc(F)cc1)c1ccc(F)cc1. The van der Waals surface area contributed by atoms with Gasteiger partial charge in [0.2, 0.25) is 0 Å². The lowest BCUT2D eigenvalue weighted by Gasteiger charge is -2.41. The molecular formula is C21H18F8N2O2. The zero-order valence-electron chi connectivity index (χ0n) is 16.8. The van der Waals surface area contributed by atoms with Gasteiger partial charge >= 0.3 is 18.3 Å². The highest BCUT2D eigenvalue weighted by Crippen LogP contribution is 2.37. The van der Waals surface area contributed by atoms with Crippen LogP contribution in [0.1, 0.15) is 17.2 Å². The Morgan fingerprint density at radius 3 is 1.76 bits per heavy atom. The summed E-state index contributed by atoms with van der Waals surface area (Å²) in [6.45, 7) is -0.00726. The number of alkyl halides is 6. The van der Waals surface area contributed by atoms with Gasteiger partial charge in [-0.2, -0.15) is 26.3 Å². The number of ether oxygens (including phenoxy) is 1. The van der Waals surface area contributed by atoms with Crippen LogP contribution >= 0.6 is 0 Å². The van der Waals surface area contributed by atoms with E-state index in [0.29, 0.717) is 11.1 Å². The lowest BCUT2D eigenvalue weighted by atomic mass is 9.94. The average molecular weight is 482 g/mol. The number of carbonyl (C=O) groups excluding carboxylic acids is 1. The molecule has 1 atom stereocenters. The highest BCUT2D eigenvalue weighted by molar-refractivity contribution is 5.77. The molecule has 0 bridgehead atoms. The first-order valence-electron chi connectivity index (χ1n) is 9.69. The number of carbonyl (C=O) groups is 1. The van der Waals surface area contributed by atoms with E-state index in [0.717, 1.165) is 24.3 Å². The topological polar surface area (TPSA) is 41.6 Å². The maximum absolute atomic E-state index is 13.5. The first-order chi connectivity index (χ1) is 15.4. The number of hydrogen-bond donors (Lipinski definition) is 1. The summed E-state index contributed by atoms with van der Waals surface area (Å²) >= 11 is 0. The number of piperazine rings is 1. The molecule has 0 aromatic heterocycles. The van der Waals surface area contributed by atoms with Gasteiger partial charge in [-0.25, -0.2) is 8.78 Å². The molecule has 1 aliphatic heterocycles. The number of benzene rings is 2. The highest BCUT2D eigenvalue weighted by Gasteiger charge is 2.60. The van der Waals surface area contributed by atoms with Gasteiger partial charge in [0.25, 0.3) is 6.10 Å². The predicted molar refractivity (Wildman–Crippen MR) is 100.0 cm³/mol. The average Bonchev–Trinajstić information content (AvgIpc) is 2.73. The third kappa shape index (κ3) is 5.99. The summed E-state index contributed by atoms with van der Waals surface area (Å²) in [5, 5.41) is 2.75. The first kappa shape index (κ1) is 24.9. The van der Waals surface area contributed by atoms with Crippen LogP contribution in [-0.2, 0) is 9.53 Å². The van der Waals surface area contributed by atoms with Crippen LogP contribution in [0.4, 0.5) is 35.1 Å². The van der Waals surface area contributed by atoms with Crippen molar-refractivity contribution in [1.82, 2.24) is 10.2 Å². The molecule has 0 radical (unpaired) electrons. The molecule has 33 heavy (non-hydrogen) atoms. The summed E-state index contributed by atoms with van der Waals surface area (Å²) in [7, 11) is 0. The Bertz CT molecular complexity index is 885. The van der Waals surface area contributed by atoms with Crippen LogP contribution in [0.25, 0.3) is 0 Å². The Balaban J connectivity index is 1.98. The fourth-order valence-electron chi connectivity index (χ4n) is 3.63. The minimum atomic E-state index is -5.85. The zero-order chi connectivity index (χ0) is 24.4. The quantitative estimate of drug-likeness (QED) is 0.508. The predicted octanol–water partition coefficient (Wildman–Crippen LogP) is 4.36. The molecule has 2 aromatic rings. The summed E-state index contributed by atoms with van der Waals surface area (Å²) < 4.78 is 108. The monoisotopic (exact) mass is 482 g/mol. The number of halogens is 8. The van der Waals surface area contributed by atoms with Crippen molar-refractivity contribution in [3.8, 4) is 0 Å². The summed E-state index contributed by atoms with van der Waals surface area (Å²) in [6, 6.07) is 7.48. The maximum Gasteiger partial charge on any atom is 0.434 e. The van der Waals surface area contributed by atoms with Crippen molar-refractivity contribution in [3.63, 3.8) is 0 Å². The van der Waals surface area contributed by atoms with Crippen LogP contribution in [0, 0.1) is 11.6 Å². The van der Waals surface area contributed by atoms with Crippen molar-refractivity contribution in [3.05, 3.63) is 71.3 Å². The molecule has 1 saturated heterocycles. The van der Waals surface area contributed by atoms with E-state index in [4.69, 9.17) is 0 Å². The van der Waals surface area contributed by atoms with Gasteiger partial charge in [-0.3, -0.25) is 9.69 Å². The summed E-state index contributed by atoms with van der Waals surface area (Å²) in [5.74, 6) is -2.88. The van der Waals surface area contributed by atoms with E-state index in [1.165, 1.54) is 29.2 Å². The van der Waals surface area contributed by atoms with Crippen LogP contribution in [0.2, 0.25) is 0 Å². The van der Waals surface area contributed by atoms with Crippen molar-refractivity contribution < 1.29 is 44.7 Å². The zero-order valence-corrected chi connectivity index (χ0v) is 16.8. The van der Waals surface area contributed by atoms with Gasteiger partial charge in [0.1, 0.15) is 17.7 Å². The number of hydrogen-bond acceptors (Lipinski definition) is 4. The van der Waals surface area contributed by atoms with E-state index in [1.54, 1.807) is 0 Å². The molecule has 180 valence electrons. The van der Waals surface area contributed by atoms with Crippen LogP contribution in [0.3, 0.4) is 0 Å². The summed E-state index contributed by atoms with van der Waals surface area (Å²) in [6.07, 6.45) is -16.0. The van der Waals surface area contributed by atoms with Gasteiger partial charge in [0, 0.05) is 19.6 Å². The van der Waals surface area contributed by atoms with Gasteiger partial charge in [0.15, 0.2) is 0 Å². The van der Waals surface area contributed by atoms with Crippen LogP contribution in [0.5, 0.6) is 0 Å². The smallest absolute Gasteiger partial charge is 0.434 e. The summed E-state index contributed by atoms with van der Waals surface area (Å²) in [4.78, 5) is 13.9. The Morgan fingerprint density at radius 2 is 1.33 bits per heavy atom. The number of nitrogens with one attached hydrogen (secondary N) is 1. The fourth-order valence-corrected chi connectivity index (χ4v) is 3.63. The number of rotatable bonds is 5. The molecule has 1 aliphatic rings. The minimum absolute atomic E-state index is 0.0297. The van der Waals surface area contributed by atoms with E-state index < -0.39 is 48.1 Å². The van der Waals surface area contributed by atoms with E-state index in [2.05, 4.69) is 10.1 Å². The Hall–Kier alpha value is -2.73. The highest BCUT2D eigenvalue weighted by atomic mass is 19.4. The molecule has 0 spiro atoms. The first-order valence-corrected chi connectivity index (χ1v) is 9.69. The lowest BCUT2D eigenvalue weighted by Crippen LogP contribution is -2.58. The molecule has 2 aromatic carbocycles. The van der Waals surface area contributed by atoms with Crippen molar-refractivity contribution in [2.75, 3.05) is 19.6 Å². The molecule has 1 heterocycles. The molecule has 0 aliphatic carbocycles. The normalized spacial score (nSPS) is 18.1. The van der Waals surface area contributed by atoms with Gasteiger partial charge in [-0.15, -0.1) is 0 Å². The number of nitrogens with zero attached hydrogens (tertiary/aromatic N) is 1. The van der Waals surface area contributed by atoms with E-state index >= 15 is 0 Å². The maximum atomic E-state index is 13.5. The van der Waals surface area contributed by atoms with E-state index in [1.807, 2.05) is 0 Å². The molecule has 0 saturated carbocycles. The molecule has 1 fully saturated rings. The Kier molecular flexibility index (Phi) is 7.27. The van der Waals surface area contributed by atoms with E-state index in [-0.39, 0.29) is 19.6 Å².